The number of guanidine groups is 1. The molecule has 0 atom stereocenters. The number of nitrogens with one attached hydrogen (secondary N) is 4. The molecule has 1 rings (SSSR count). The quantitative estimate of drug-likeness (QED) is 0.190. The molecule has 0 radical (unpaired) electrons. The normalized spacial score (nSPS) is 14.4. The smallest absolute Gasteiger partial charge is 0.225 e. The minimum atomic E-state index is -0.377. The maximum absolute atomic E-state index is 11.7. The monoisotopic (exact) mass is 453 g/mol. The highest BCUT2D eigenvalue weighted by Gasteiger charge is 2.28. The van der Waals surface area contributed by atoms with Crippen LogP contribution >= 0.6 is 24.0 Å². The summed E-state index contributed by atoms with van der Waals surface area (Å²) in [6, 6.07) is 0. The Morgan fingerprint density at radius 2 is 1.62 bits per heavy atom. The van der Waals surface area contributed by atoms with Crippen molar-refractivity contribution in [2.75, 3.05) is 32.7 Å². The van der Waals surface area contributed by atoms with Crippen LogP contribution in [-0.4, -0.2) is 50.5 Å². The minimum Gasteiger partial charge on any atom is -0.357 e. The van der Waals surface area contributed by atoms with E-state index in [9.17, 15) is 9.59 Å². The van der Waals surface area contributed by atoms with E-state index in [0.29, 0.717) is 32.1 Å². The molecule has 4 N–H and O–H groups in total. The number of halogens is 1. The Labute approximate surface area is 162 Å². The van der Waals surface area contributed by atoms with Crippen LogP contribution in [0.4, 0.5) is 0 Å². The molecule has 0 aromatic heterocycles. The molecule has 8 heteroatoms. The largest absolute Gasteiger partial charge is 0.357 e. The first-order chi connectivity index (χ1) is 10.8. The third kappa shape index (κ3) is 9.94. The van der Waals surface area contributed by atoms with Crippen molar-refractivity contribution < 1.29 is 9.59 Å². The maximum atomic E-state index is 11.7. The highest BCUT2D eigenvalue weighted by molar-refractivity contribution is 14.0. The molecule has 0 bridgehead atoms. The number of aliphatic imine (C=N–C) groups is 1. The fraction of sp³-hybridized carbons (Fsp3) is 0.812. The van der Waals surface area contributed by atoms with Gasteiger partial charge in [-0.2, -0.15) is 0 Å². The van der Waals surface area contributed by atoms with Gasteiger partial charge in [0.25, 0.3) is 0 Å². The number of hydrogen-bond donors (Lipinski definition) is 4. The first-order valence-corrected chi connectivity index (χ1v) is 8.42. The molecule has 0 aliphatic heterocycles. The van der Waals surface area contributed by atoms with E-state index in [1.54, 1.807) is 0 Å². The number of carbonyl (C=O) groups is 2. The topological polar surface area (TPSA) is 94.6 Å². The highest BCUT2D eigenvalue weighted by atomic mass is 127. The van der Waals surface area contributed by atoms with E-state index >= 15 is 0 Å². The van der Waals surface area contributed by atoms with Gasteiger partial charge in [0.1, 0.15) is 0 Å². The Balaban J connectivity index is 0.00000529. The minimum absolute atomic E-state index is 0. The lowest BCUT2D eigenvalue weighted by atomic mass is 9.96. The summed E-state index contributed by atoms with van der Waals surface area (Å²) in [5.41, 5.74) is -0.377. The van der Waals surface area contributed by atoms with Gasteiger partial charge in [-0.15, -0.1) is 24.0 Å². The second kappa shape index (κ2) is 11.5. The number of amides is 2. The molecule has 140 valence electrons. The average Bonchev–Trinajstić information content (AvgIpc) is 3.30. The van der Waals surface area contributed by atoms with E-state index in [1.807, 2.05) is 27.7 Å². The molecule has 1 aliphatic carbocycles. The van der Waals surface area contributed by atoms with Gasteiger partial charge >= 0.3 is 0 Å². The molecule has 24 heavy (non-hydrogen) atoms. The number of carbonyl (C=O) groups excluding carboxylic acids is 2. The fourth-order valence-corrected chi connectivity index (χ4v) is 1.80. The van der Waals surface area contributed by atoms with E-state index in [2.05, 4.69) is 26.3 Å². The summed E-state index contributed by atoms with van der Waals surface area (Å²) in [7, 11) is 0. The Kier molecular flexibility index (Phi) is 11.0. The van der Waals surface area contributed by atoms with Crippen molar-refractivity contribution in [3.63, 3.8) is 0 Å². The van der Waals surface area contributed by atoms with Crippen molar-refractivity contribution >= 4 is 41.8 Å². The second-order valence-corrected chi connectivity index (χ2v) is 6.76. The molecule has 7 nitrogen and oxygen atoms in total. The van der Waals surface area contributed by atoms with Crippen molar-refractivity contribution in [1.29, 1.82) is 0 Å². The van der Waals surface area contributed by atoms with E-state index in [4.69, 9.17) is 0 Å². The lowest BCUT2D eigenvalue weighted by Gasteiger charge is -2.18. The van der Waals surface area contributed by atoms with Crippen molar-refractivity contribution in [3.8, 4) is 0 Å². The third-order valence-electron chi connectivity index (χ3n) is 3.36. The molecule has 2 amide bonds. The van der Waals surface area contributed by atoms with Crippen LogP contribution in [0.1, 0.15) is 40.5 Å². The van der Waals surface area contributed by atoms with Crippen LogP contribution in [-0.2, 0) is 9.59 Å². The summed E-state index contributed by atoms with van der Waals surface area (Å²) in [6.07, 6.45) is 2.03. The average molecular weight is 453 g/mol. The Hall–Kier alpha value is -1.06. The van der Waals surface area contributed by atoms with Crippen LogP contribution in [0.25, 0.3) is 0 Å². The van der Waals surface area contributed by atoms with Gasteiger partial charge in [-0.1, -0.05) is 20.8 Å². The zero-order chi connectivity index (χ0) is 17.3. The Bertz CT molecular complexity index is 431. The molecule has 0 aromatic rings. The Morgan fingerprint density at radius 1 is 1.00 bits per heavy atom. The molecule has 0 unspecified atom stereocenters. The van der Waals surface area contributed by atoms with Gasteiger partial charge in [0, 0.05) is 37.5 Å². The third-order valence-corrected chi connectivity index (χ3v) is 3.36. The molecular weight excluding hydrogens is 421 g/mol. The van der Waals surface area contributed by atoms with Crippen LogP contribution in [0.15, 0.2) is 4.99 Å². The lowest BCUT2D eigenvalue weighted by Crippen LogP contribution is -2.43. The first kappa shape index (κ1) is 22.9. The van der Waals surface area contributed by atoms with E-state index < -0.39 is 0 Å². The predicted octanol–water partition coefficient (Wildman–Crippen LogP) is 0.848. The van der Waals surface area contributed by atoms with Crippen LogP contribution in [0.2, 0.25) is 0 Å². The van der Waals surface area contributed by atoms with Crippen LogP contribution in [0, 0.1) is 11.3 Å². The fourth-order valence-electron chi connectivity index (χ4n) is 1.80. The summed E-state index contributed by atoms with van der Waals surface area (Å²) in [5, 5.41) is 12.1. The molecule has 0 saturated heterocycles. The van der Waals surface area contributed by atoms with Gasteiger partial charge < -0.3 is 21.3 Å². The highest BCUT2D eigenvalue weighted by Crippen LogP contribution is 2.28. The van der Waals surface area contributed by atoms with Gasteiger partial charge in [-0.25, -0.2) is 0 Å². The molecule has 1 aliphatic rings. The van der Waals surface area contributed by atoms with E-state index in [0.717, 1.165) is 19.4 Å². The van der Waals surface area contributed by atoms with Gasteiger partial charge in [0.15, 0.2) is 5.96 Å². The van der Waals surface area contributed by atoms with E-state index in [1.165, 1.54) is 0 Å². The predicted molar refractivity (Wildman–Crippen MR) is 108 cm³/mol. The van der Waals surface area contributed by atoms with Crippen LogP contribution in [0.3, 0.4) is 0 Å². The van der Waals surface area contributed by atoms with Crippen LogP contribution < -0.4 is 21.3 Å². The van der Waals surface area contributed by atoms with E-state index in [-0.39, 0.29) is 47.1 Å². The summed E-state index contributed by atoms with van der Waals surface area (Å²) in [4.78, 5) is 27.6. The SMILES string of the molecule is CCNC(=NCCNC(=O)C1CC1)NCCNC(=O)C(C)(C)C.I. The van der Waals surface area contributed by atoms with Gasteiger partial charge in [0.2, 0.25) is 11.8 Å². The van der Waals surface area contributed by atoms with Gasteiger partial charge in [-0.05, 0) is 19.8 Å². The summed E-state index contributed by atoms with van der Waals surface area (Å²) in [5.74, 6) is 1.10. The van der Waals surface area contributed by atoms with Crippen molar-refractivity contribution in [3.05, 3.63) is 0 Å². The molecule has 1 fully saturated rings. The zero-order valence-corrected chi connectivity index (χ0v) is 17.5. The number of rotatable bonds is 8. The molecule has 0 heterocycles. The second-order valence-electron chi connectivity index (χ2n) is 6.76. The van der Waals surface area contributed by atoms with Crippen molar-refractivity contribution in [2.45, 2.75) is 40.5 Å². The van der Waals surface area contributed by atoms with Crippen molar-refractivity contribution in [1.82, 2.24) is 21.3 Å². The standard InChI is InChI=1S/C16H31N5O2.HI/c1-5-17-15(20-10-8-18-13(22)12-6-7-12)21-11-9-19-14(23)16(2,3)4;/h12H,5-11H2,1-4H3,(H,18,22)(H,19,23)(H2,17,20,21);1H. The lowest BCUT2D eigenvalue weighted by molar-refractivity contribution is -0.128. The molecule has 1 saturated carbocycles. The zero-order valence-electron chi connectivity index (χ0n) is 15.2. The summed E-state index contributed by atoms with van der Waals surface area (Å²) < 4.78 is 0. The number of nitrogens with zero attached hydrogens (tertiary/aromatic N) is 1. The maximum Gasteiger partial charge on any atom is 0.225 e. The van der Waals surface area contributed by atoms with Crippen LogP contribution in [0.5, 0.6) is 0 Å². The van der Waals surface area contributed by atoms with Gasteiger partial charge in [-0.3, -0.25) is 14.6 Å². The van der Waals surface area contributed by atoms with Crippen molar-refractivity contribution in [2.24, 2.45) is 16.3 Å². The molecular formula is C16H32IN5O2. The first-order valence-electron chi connectivity index (χ1n) is 8.42. The molecule has 0 aromatic carbocycles. The molecule has 0 spiro atoms. The summed E-state index contributed by atoms with van der Waals surface area (Å²) in [6.45, 7) is 10.6. The summed E-state index contributed by atoms with van der Waals surface area (Å²) >= 11 is 0. The number of hydrogen-bond acceptors (Lipinski definition) is 3. The van der Waals surface area contributed by atoms with Gasteiger partial charge in [0.05, 0.1) is 6.54 Å². The Morgan fingerprint density at radius 3 is 2.17 bits per heavy atom.